The van der Waals surface area contributed by atoms with Crippen LogP contribution in [0.2, 0.25) is 0 Å². The van der Waals surface area contributed by atoms with E-state index in [1.165, 1.54) is 29.0 Å². The number of aromatic hydroxyl groups is 1. The van der Waals surface area contributed by atoms with E-state index in [4.69, 9.17) is 4.74 Å². The van der Waals surface area contributed by atoms with Crippen molar-refractivity contribution in [3.8, 4) is 5.75 Å². The molecule has 0 saturated carbocycles. The zero-order valence-corrected chi connectivity index (χ0v) is 13.9. The molecule has 0 bridgehead atoms. The topological polar surface area (TPSA) is 87.2 Å². The van der Waals surface area contributed by atoms with E-state index in [1.54, 1.807) is 19.1 Å². The van der Waals surface area contributed by atoms with E-state index < -0.39 is 11.8 Å². The van der Waals surface area contributed by atoms with Gasteiger partial charge < -0.3 is 19.6 Å². The zero-order chi connectivity index (χ0) is 17.7. The van der Waals surface area contributed by atoms with E-state index in [0.29, 0.717) is 38.2 Å². The van der Waals surface area contributed by atoms with Crippen LogP contribution in [0, 0.1) is 5.92 Å². The van der Waals surface area contributed by atoms with Gasteiger partial charge in [0.15, 0.2) is 0 Å². The second-order valence-corrected chi connectivity index (χ2v) is 5.70. The van der Waals surface area contributed by atoms with Gasteiger partial charge >= 0.3 is 17.8 Å². The number of hydrogen-bond acceptors (Lipinski definition) is 5. The molecule has 130 valence electrons. The van der Waals surface area contributed by atoms with Gasteiger partial charge in [0.1, 0.15) is 5.75 Å². The first kappa shape index (κ1) is 17.8. The summed E-state index contributed by atoms with van der Waals surface area (Å²) in [6.45, 7) is 2.82. The Labute approximate surface area is 140 Å². The Morgan fingerprint density at radius 3 is 2.33 bits per heavy atom. The van der Waals surface area contributed by atoms with Gasteiger partial charge in [0.2, 0.25) is 0 Å². The Kier molecular flexibility index (Phi) is 5.78. The molecular formula is C17H22N2O5. The third kappa shape index (κ3) is 4.04. The molecule has 1 heterocycles. The van der Waals surface area contributed by atoms with Crippen molar-refractivity contribution < 1.29 is 24.2 Å². The highest BCUT2D eigenvalue weighted by Gasteiger charge is 2.32. The number of anilines is 1. The van der Waals surface area contributed by atoms with Crippen molar-refractivity contribution in [1.29, 1.82) is 0 Å². The molecule has 1 aliphatic rings. The summed E-state index contributed by atoms with van der Waals surface area (Å²) in [5.74, 6) is -1.59. The second kappa shape index (κ2) is 7.81. The van der Waals surface area contributed by atoms with E-state index >= 15 is 0 Å². The van der Waals surface area contributed by atoms with Gasteiger partial charge in [-0.05, 0) is 44.0 Å². The van der Waals surface area contributed by atoms with Gasteiger partial charge in [-0.2, -0.15) is 0 Å². The summed E-state index contributed by atoms with van der Waals surface area (Å²) in [5.41, 5.74) is 0.521. The molecule has 0 unspecified atom stereocenters. The largest absolute Gasteiger partial charge is 0.508 e. The Morgan fingerprint density at radius 2 is 1.79 bits per heavy atom. The Balaban J connectivity index is 1.93. The highest BCUT2D eigenvalue weighted by Crippen LogP contribution is 2.21. The Hall–Kier alpha value is -2.57. The molecule has 2 amide bonds. The van der Waals surface area contributed by atoms with Crippen molar-refractivity contribution in [2.45, 2.75) is 19.8 Å². The number of benzene rings is 1. The van der Waals surface area contributed by atoms with Crippen LogP contribution in [0.5, 0.6) is 5.75 Å². The zero-order valence-electron chi connectivity index (χ0n) is 13.9. The van der Waals surface area contributed by atoms with E-state index in [0.717, 1.165) is 0 Å². The molecule has 0 atom stereocenters. The molecule has 1 aromatic rings. The van der Waals surface area contributed by atoms with Gasteiger partial charge in [-0.3, -0.25) is 14.4 Å². The summed E-state index contributed by atoms with van der Waals surface area (Å²) in [6, 6.07) is 6.03. The van der Waals surface area contributed by atoms with Crippen LogP contribution >= 0.6 is 0 Å². The maximum Gasteiger partial charge on any atom is 0.316 e. The van der Waals surface area contributed by atoms with Gasteiger partial charge in [-0.15, -0.1) is 0 Å². The highest BCUT2D eigenvalue weighted by molar-refractivity contribution is 6.40. The molecule has 0 aromatic heterocycles. The van der Waals surface area contributed by atoms with Crippen molar-refractivity contribution in [1.82, 2.24) is 4.90 Å². The fraction of sp³-hybridized carbons (Fsp3) is 0.471. The molecule has 1 saturated heterocycles. The van der Waals surface area contributed by atoms with E-state index in [1.807, 2.05) is 0 Å². The van der Waals surface area contributed by atoms with Gasteiger partial charge in [0.05, 0.1) is 12.5 Å². The van der Waals surface area contributed by atoms with Crippen LogP contribution in [-0.4, -0.2) is 54.5 Å². The molecule has 2 rings (SSSR count). The smallest absolute Gasteiger partial charge is 0.316 e. The van der Waals surface area contributed by atoms with Crippen LogP contribution in [0.3, 0.4) is 0 Å². The number of piperidine rings is 1. The molecule has 1 fully saturated rings. The third-order valence-electron chi connectivity index (χ3n) is 4.13. The molecular weight excluding hydrogens is 312 g/mol. The van der Waals surface area contributed by atoms with Crippen LogP contribution in [0.1, 0.15) is 19.8 Å². The summed E-state index contributed by atoms with van der Waals surface area (Å²) in [7, 11) is 1.51. The fourth-order valence-corrected chi connectivity index (χ4v) is 2.65. The number of ether oxygens (including phenoxy) is 1. The lowest BCUT2D eigenvalue weighted by atomic mass is 9.97. The average Bonchev–Trinajstić information content (AvgIpc) is 2.61. The van der Waals surface area contributed by atoms with Crippen molar-refractivity contribution in [3.05, 3.63) is 24.3 Å². The molecule has 1 aromatic carbocycles. The second-order valence-electron chi connectivity index (χ2n) is 5.70. The van der Waals surface area contributed by atoms with Gasteiger partial charge in [-0.1, -0.05) is 0 Å². The lowest BCUT2D eigenvalue weighted by molar-refractivity contribution is -0.152. The van der Waals surface area contributed by atoms with Crippen molar-refractivity contribution in [2.75, 3.05) is 31.6 Å². The number of likely N-dealkylation sites (N-methyl/N-ethyl adjacent to an activating group) is 1. The number of likely N-dealkylation sites (tertiary alicyclic amines) is 1. The van der Waals surface area contributed by atoms with Crippen molar-refractivity contribution in [3.63, 3.8) is 0 Å². The van der Waals surface area contributed by atoms with Gasteiger partial charge in [0.25, 0.3) is 0 Å². The number of phenolic OH excluding ortho intramolecular Hbond substituents is 1. The van der Waals surface area contributed by atoms with Crippen LogP contribution in [-0.2, 0) is 19.1 Å². The molecule has 7 nitrogen and oxygen atoms in total. The number of nitrogens with zero attached hydrogens (tertiary/aromatic N) is 2. The van der Waals surface area contributed by atoms with Crippen molar-refractivity contribution in [2.24, 2.45) is 5.92 Å². The lowest BCUT2D eigenvalue weighted by Gasteiger charge is -2.31. The summed E-state index contributed by atoms with van der Waals surface area (Å²) in [5, 5.41) is 9.28. The minimum absolute atomic E-state index is 0.0898. The molecule has 1 N–H and O–H groups in total. The molecule has 1 aliphatic heterocycles. The van der Waals surface area contributed by atoms with Crippen LogP contribution in [0.15, 0.2) is 24.3 Å². The molecule has 0 spiro atoms. The van der Waals surface area contributed by atoms with Gasteiger partial charge in [0, 0.05) is 25.8 Å². The molecule has 0 aliphatic carbocycles. The van der Waals surface area contributed by atoms with Crippen LogP contribution < -0.4 is 4.90 Å². The minimum Gasteiger partial charge on any atom is -0.508 e. The van der Waals surface area contributed by atoms with Crippen molar-refractivity contribution >= 4 is 23.5 Å². The summed E-state index contributed by atoms with van der Waals surface area (Å²) >= 11 is 0. The molecule has 7 heteroatoms. The predicted octanol–water partition coefficient (Wildman–Crippen LogP) is 1.16. The molecule has 0 radical (unpaired) electrons. The van der Waals surface area contributed by atoms with Crippen LogP contribution in [0.25, 0.3) is 0 Å². The Bertz CT molecular complexity index is 606. The number of carbonyl (C=O) groups excluding carboxylic acids is 3. The number of carbonyl (C=O) groups is 3. The maximum atomic E-state index is 12.4. The number of amides is 2. The lowest BCUT2D eigenvalue weighted by Crippen LogP contribution is -2.48. The average molecular weight is 334 g/mol. The number of esters is 1. The van der Waals surface area contributed by atoms with E-state index in [-0.39, 0.29) is 17.6 Å². The maximum absolute atomic E-state index is 12.4. The normalized spacial score (nSPS) is 15.0. The van der Waals surface area contributed by atoms with Gasteiger partial charge in [-0.25, -0.2) is 0 Å². The van der Waals surface area contributed by atoms with E-state index in [9.17, 15) is 19.5 Å². The Morgan fingerprint density at radius 1 is 1.21 bits per heavy atom. The van der Waals surface area contributed by atoms with E-state index in [2.05, 4.69) is 0 Å². The number of phenols is 1. The summed E-state index contributed by atoms with van der Waals surface area (Å²) in [6.07, 6.45) is 1.00. The predicted molar refractivity (Wildman–Crippen MR) is 87.5 cm³/mol. The monoisotopic (exact) mass is 334 g/mol. The fourth-order valence-electron chi connectivity index (χ4n) is 2.65. The summed E-state index contributed by atoms with van der Waals surface area (Å²) < 4.78 is 4.99. The summed E-state index contributed by atoms with van der Waals surface area (Å²) in [4.78, 5) is 39.1. The first-order chi connectivity index (χ1) is 11.4. The molecule has 24 heavy (non-hydrogen) atoms. The number of hydrogen-bond donors (Lipinski definition) is 1. The highest BCUT2D eigenvalue weighted by atomic mass is 16.5. The third-order valence-corrected chi connectivity index (χ3v) is 4.13. The quantitative estimate of drug-likeness (QED) is 0.662. The standard InChI is InChI=1S/C17H22N2O5/c1-3-24-17(23)12-8-10-19(11-9-12)16(22)15(21)18(2)13-4-6-14(20)7-5-13/h4-7,12,20H,3,8-11H2,1-2H3. The first-order valence-corrected chi connectivity index (χ1v) is 7.96. The SMILES string of the molecule is CCOC(=O)C1CCN(C(=O)C(=O)N(C)c2ccc(O)cc2)CC1. The number of rotatable bonds is 3. The van der Waals surface area contributed by atoms with Crippen LogP contribution in [0.4, 0.5) is 5.69 Å². The minimum atomic E-state index is -0.643. The first-order valence-electron chi connectivity index (χ1n) is 7.96.